The van der Waals surface area contributed by atoms with Crippen LogP contribution in [-0.4, -0.2) is 17.2 Å². The number of carboxylic acids is 1. The summed E-state index contributed by atoms with van der Waals surface area (Å²) in [5.41, 5.74) is 0.484. The second kappa shape index (κ2) is 7.35. The topological polar surface area (TPSA) is 75.6 Å². The number of amides is 1. The molecule has 7 heteroatoms. The summed E-state index contributed by atoms with van der Waals surface area (Å²) in [6.45, 7) is -0.0590. The molecule has 0 aliphatic heterocycles. The van der Waals surface area contributed by atoms with Gasteiger partial charge in [-0.25, -0.2) is 18.4 Å². The van der Waals surface area contributed by atoms with Crippen molar-refractivity contribution in [2.24, 2.45) is 0 Å². The van der Waals surface area contributed by atoms with Crippen LogP contribution in [0.5, 0.6) is 0 Å². The van der Waals surface area contributed by atoms with Gasteiger partial charge in [0.05, 0.1) is 0 Å². The maximum absolute atomic E-state index is 13.2. The normalized spacial score (nSPS) is 11.6. The van der Waals surface area contributed by atoms with Gasteiger partial charge >= 0.3 is 12.1 Å². The molecule has 2 aromatic rings. The highest BCUT2D eigenvalue weighted by molar-refractivity contribution is 5.81. The number of alkyl carbamates (subject to hydrolysis) is 1. The van der Waals surface area contributed by atoms with Crippen molar-refractivity contribution in [3.05, 3.63) is 71.3 Å². The minimum absolute atomic E-state index is 0.0590. The number of ether oxygens (including phenoxy) is 1. The number of hydrogen-bond donors (Lipinski definition) is 2. The van der Waals surface area contributed by atoms with Gasteiger partial charge in [-0.2, -0.15) is 0 Å². The van der Waals surface area contributed by atoms with Crippen molar-refractivity contribution in [2.45, 2.75) is 12.6 Å². The van der Waals surface area contributed by atoms with Gasteiger partial charge in [-0.1, -0.05) is 30.3 Å². The van der Waals surface area contributed by atoms with Gasteiger partial charge in [0, 0.05) is 6.07 Å². The lowest BCUT2D eigenvalue weighted by molar-refractivity contribution is -0.139. The predicted octanol–water partition coefficient (Wildman–Crippen LogP) is 3.02. The molecule has 0 spiro atoms. The van der Waals surface area contributed by atoms with Crippen LogP contribution >= 0.6 is 0 Å². The van der Waals surface area contributed by atoms with Crippen molar-refractivity contribution in [3.8, 4) is 0 Å². The zero-order chi connectivity index (χ0) is 16.8. The second-order valence-electron chi connectivity index (χ2n) is 4.68. The van der Waals surface area contributed by atoms with Crippen molar-refractivity contribution in [1.29, 1.82) is 0 Å². The number of nitrogens with one attached hydrogen (secondary N) is 1. The summed E-state index contributed by atoms with van der Waals surface area (Å²) in [4.78, 5) is 22.9. The molecule has 0 saturated carbocycles. The van der Waals surface area contributed by atoms with Crippen LogP contribution in [-0.2, 0) is 16.1 Å². The van der Waals surface area contributed by atoms with Crippen molar-refractivity contribution in [1.82, 2.24) is 5.32 Å². The number of rotatable bonds is 5. The van der Waals surface area contributed by atoms with Gasteiger partial charge in [-0.15, -0.1) is 0 Å². The lowest BCUT2D eigenvalue weighted by Crippen LogP contribution is -2.34. The van der Waals surface area contributed by atoms with E-state index in [1.807, 2.05) is 0 Å². The van der Waals surface area contributed by atoms with E-state index >= 15 is 0 Å². The van der Waals surface area contributed by atoms with Crippen LogP contribution in [0.15, 0.2) is 48.5 Å². The molecule has 0 aliphatic rings. The summed E-state index contributed by atoms with van der Waals surface area (Å²) in [5.74, 6) is -3.34. The number of carbonyl (C=O) groups excluding carboxylic acids is 1. The smallest absolute Gasteiger partial charge is 0.408 e. The number of benzene rings is 2. The molecular formula is C16H13F2NO4. The van der Waals surface area contributed by atoms with Gasteiger partial charge in [-0.3, -0.25) is 0 Å². The highest BCUT2D eigenvalue weighted by Gasteiger charge is 2.24. The van der Waals surface area contributed by atoms with Gasteiger partial charge in [0.25, 0.3) is 0 Å². The molecule has 1 amide bonds. The van der Waals surface area contributed by atoms with Crippen LogP contribution in [0.25, 0.3) is 0 Å². The Hall–Kier alpha value is -2.96. The fraction of sp³-hybridized carbons (Fsp3) is 0.125. The molecule has 1 unspecified atom stereocenters. The van der Waals surface area contributed by atoms with Gasteiger partial charge in [0.1, 0.15) is 18.2 Å². The standard InChI is InChI=1S/C16H13F2NO4/c17-12-6-11(7-13(18)8-12)14(15(20)21)19-16(22)23-9-10-4-2-1-3-5-10/h1-8,14H,9H2,(H,19,22)(H,20,21). The Kier molecular flexibility index (Phi) is 5.24. The Labute approximate surface area is 130 Å². The molecular weight excluding hydrogens is 308 g/mol. The summed E-state index contributed by atoms with van der Waals surface area (Å²) < 4.78 is 31.3. The Bertz CT molecular complexity index is 686. The van der Waals surface area contributed by atoms with E-state index in [2.05, 4.69) is 5.32 Å². The van der Waals surface area contributed by atoms with Gasteiger partial charge in [0.2, 0.25) is 0 Å². The molecule has 1 atom stereocenters. The molecule has 0 bridgehead atoms. The van der Waals surface area contributed by atoms with Crippen molar-refractivity contribution < 1.29 is 28.2 Å². The molecule has 2 N–H and O–H groups in total. The van der Waals surface area contributed by atoms with E-state index in [1.165, 1.54) is 0 Å². The number of aliphatic carboxylic acids is 1. The minimum atomic E-state index is -1.62. The van der Waals surface area contributed by atoms with E-state index in [4.69, 9.17) is 9.84 Å². The summed E-state index contributed by atoms with van der Waals surface area (Å²) in [6.07, 6.45) is -1.01. The van der Waals surface area contributed by atoms with Gasteiger partial charge in [-0.05, 0) is 23.3 Å². The molecule has 2 rings (SSSR count). The average Bonchev–Trinajstić information content (AvgIpc) is 2.50. The van der Waals surface area contributed by atoms with E-state index in [9.17, 15) is 18.4 Å². The van der Waals surface area contributed by atoms with Crippen LogP contribution in [0.4, 0.5) is 13.6 Å². The molecule has 120 valence electrons. The van der Waals surface area contributed by atoms with E-state index < -0.39 is 29.7 Å². The van der Waals surface area contributed by atoms with E-state index in [0.29, 0.717) is 11.6 Å². The quantitative estimate of drug-likeness (QED) is 0.887. The number of hydrogen-bond acceptors (Lipinski definition) is 3. The molecule has 0 heterocycles. The van der Waals surface area contributed by atoms with Crippen LogP contribution in [0.2, 0.25) is 0 Å². The monoisotopic (exact) mass is 321 g/mol. The average molecular weight is 321 g/mol. The Balaban J connectivity index is 2.04. The highest BCUT2D eigenvalue weighted by Crippen LogP contribution is 2.17. The fourth-order valence-corrected chi connectivity index (χ4v) is 1.91. The van der Waals surface area contributed by atoms with Crippen molar-refractivity contribution in [3.63, 3.8) is 0 Å². The number of halogens is 2. The molecule has 23 heavy (non-hydrogen) atoms. The molecule has 5 nitrogen and oxygen atoms in total. The maximum Gasteiger partial charge on any atom is 0.408 e. The first-order valence-electron chi connectivity index (χ1n) is 6.61. The first-order valence-corrected chi connectivity index (χ1v) is 6.61. The largest absolute Gasteiger partial charge is 0.479 e. The fourth-order valence-electron chi connectivity index (χ4n) is 1.91. The molecule has 0 aromatic heterocycles. The van der Waals surface area contributed by atoms with Gasteiger partial charge < -0.3 is 15.2 Å². The summed E-state index contributed by atoms with van der Waals surface area (Å²) >= 11 is 0. The molecule has 0 aliphatic carbocycles. The Morgan fingerprint density at radius 1 is 1.09 bits per heavy atom. The number of carboxylic acid groups (broad SMARTS) is 1. The van der Waals surface area contributed by atoms with Crippen LogP contribution < -0.4 is 5.32 Å². The lowest BCUT2D eigenvalue weighted by atomic mass is 10.1. The first kappa shape index (κ1) is 16.4. The zero-order valence-electron chi connectivity index (χ0n) is 11.8. The maximum atomic E-state index is 13.2. The summed E-state index contributed by atoms with van der Waals surface area (Å²) in [7, 11) is 0. The van der Waals surface area contributed by atoms with E-state index in [-0.39, 0.29) is 12.2 Å². The molecule has 0 fully saturated rings. The van der Waals surface area contributed by atoms with E-state index in [0.717, 1.165) is 12.1 Å². The SMILES string of the molecule is O=C(NC(C(=O)O)c1cc(F)cc(F)c1)OCc1ccccc1. The lowest BCUT2D eigenvalue weighted by Gasteiger charge is -2.15. The van der Waals surface area contributed by atoms with Crippen molar-refractivity contribution in [2.75, 3.05) is 0 Å². The Morgan fingerprint density at radius 2 is 1.70 bits per heavy atom. The van der Waals surface area contributed by atoms with Crippen LogP contribution in [0, 0.1) is 11.6 Å². The molecule has 0 radical (unpaired) electrons. The number of carbonyl (C=O) groups is 2. The first-order chi connectivity index (χ1) is 11.0. The highest BCUT2D eigenvalue weighted by atomic mass is 19.1. The third kappa shape index (κ3) is 4.77. The van der Waals surface area contributed by atoms with Crippen LogP contribution in [0.1, 0.15) is 17.2 Å². The summed E-state index contributed by atoms with van der Waals surface area (Å²) in [6, 6.07) is 9.41. The van der Waals surface area contributed by atoms with Crippen molar-refractivity contribution >= 4 is 12.1 Å². The minimum Gasteiger partial charge on any atom is -0.479 e. The summed E-state index contributed by atoms with van der Waals surface area (Å²) in [5, 5.41) is 11.2. The molecule has 2 aromatic carbocycles. The zero-order valence-corrected chi connectivity index (χ0v) is 11.8. The van der Waals surface area contributed by atoms with Gasteiger partial charge in [0.15, 0.2) is 6.04 Å². The third-order valence-electron chi connectivity index (χ3n) is 2.94. The van der Waals surface area contributed by atoms with Crippen LogP contribution in [0.3, 0.4) is 0 Å². The molecule has 0 saturated heterocycles. The second-order valence-corrected chi connectivity index (χ2v) is 4.68. The predicted molar refractivity (Wildman–Crippen MR) is 76.5 cm³/mol. The Morgan fingerprint density at radius 3 is 2.26 bits per heavy atom. The van der Waals surface area contributed by atoms with E-state index in [1.54, 1.807) is 30.3 Å². The third-order valence-corrected chi connectivity index (χ3v) is 2.94.